The largest absolute Gasteiger partial charge is 0.323 e. The lowest BCUT2D eigenvalue weighted by atomic mass is 10.2. The number of nitrogens with zero attached hydrogens (tertiary/aromatic N) is 5. The molecule has 1 saturated carbocycles. The zero-order valence-corrected chi connectivity index (χ0v) is 18.0. The number of hydrogen-bond donors (Lipinski definition) is 0. The van der Waals surface area contributed by atoms with Gasteiger partial charge in [-0.3, -0.25) is 9.67 Å². The minimum atomic E-state index is -3.58. The molecule has 1 aromatic carbocycles. The number of benzene rings is 1. The van der Waals surface area contributed by atoms with Gasteiger partial charge in [-0.05, 0) is 30.7 Å². The molecule has 0 spiro atoms. The van der Waals surface area contributed by atoms with E-state index in [1.165, 1.54) is 17.1 Å². The van der Waals surface area contributed by atoms with Gasteiger partial charge in [0, 0.05) is 41.7 Å². The predicted octanol–water partition coefficient (Wildman–Crippen LogP) is 4.25. The summed E-state index contributed by atoms with van der Waals surface area (Å²) in [7, 11) is -3.58. The summed E-state index contributed by atoms with van der Waals surface area (Å²) in [5, 5.41) is 5.20. The van der Waals surface area contributed by atoms with E-state index in [1.807, 2.05) is 4.57 Å². The smallest absolute Gasteiger partial charge is 0.250 e. The molecule has 1 aliphatic carbocycles. The Bertz CT molecular complexity index is 1430. The number of hydrogen-bond acceptors (Lipinski definition) is 5. The second-order valence-electron chi connectivity index (χ2n) is 7.91. The third-order valence-corrected chi connectivity index (χ3v) is 6.87. The van der Waals surface area contributed by atoms with Crippen LogP contribution in [-0.2, 0) is 16.4 Å². The fourth-order valence-corrected chi connectivity index (χ4v) is 5.29. The monoisotopic (exact) mass is 465 g/mol. The number of fused-ring (bicyclic) bond motifs is 2. The first kappa shape index (κ1) is 20.3. The number of imidazole rings is 1. The van der Waals surface area contributed by atoms with Crippen molar-refractivity contribution < 1.29 is 17.2 Å². The zero-order valence-electron chi connectivity index (χ0n) is 16.5. The number of rotatable bonds is 4. The van der Waals surface area contributed by atoms with E-state index >= 15 is 0 Å². The van der Waals surface area contributed by atoms with Crippen LogP contribution in [0, 0.1) is 0 Å². The molecule has 3 aromatic heterocycles. The first-order valence-electron chi connectivity index (χ1n) is 9.67. The molecule has 1 aliphatic rings. The van der Waals surface area contributed by atoms with E-state index in [0.717, 1.165) is 6.26 Å². The second-order valence-corrected chi connectivity index (χ2v) is 10.3. The SMILES string of the molecule is CS(=O)(=O)c1nn(Cc2nc3cc(Cl)ccc3n2C2CCC(F)(F)C2)c2cnccc12. The summed E-state index contributed by atoms with van der Waals surface area (Å²) < 4.78 is 55.8. The lowest BCUT2D eigenvalue weighted by Crippen LogP contribution is -2.16. The molecule has 1 atom stereocenters. The maximum atomic E-state index is 14.0. The summed E-state index contributed by atoms with van der Waals surface area (Å²) in [6.45, 7) is 0.103. The highest BCUT2D eigenvalue weighted by Gasteiger charge is 2.41. The lowest BCUT2D eigenvalue weighted by Gasteiger charge is -2.17. The Morgan fingerprint density at radius 2 is 2.06 bits per heavy atom. The number of alkyl halides is 2. The third-order valence-electron chi connectivity index (χ3n) is 5.63. The number of pyridine rings is 1. The maximum Gasteiger partial charge on any atom is 0.250 e. The molecular formula is C20H18ClF2N5O2S. The van der Waals surface area contributed by atoms with Gasteiger partial charge in [-0.1, -0.05) is 11.6 Å². The lowest BCUT2D eigenvalue weighted by molar-refractivity contribution is 0.00568. The van der Waals surface area contributed by atoms with Gasteiger partial charge in [0.1, 0.15) is 5.82 Å². The molecule has 0 bridgehead atoms. The number of halogens is 3. The summed E-state index contributed by atoms with van der Waals surface area (Å²) in [6, 6.07) is 6.33. The molecule has 11 heteroatoms. The molecule has 0 radical (unpaired) electrons. The summed E-state index contributed by atoms with van der Waals surface area (Å²) >= 11 is 6.12. The van der Waals surface area contributed by atoms with E-state index in [-0.39, 0.29) is 24.4 Å². The van der Waals surface area contributed by atoms with Crippen LogP contribution >= 0.6 is 11.6 Å². The topological polar surface area (TPSA) is 82.7 Å². The van der Waals surface area contributed by atoms with Crippen LogP contribution < -0.4 is 0 Å². The fraction of sp³-hybridized carbons (Fsp3) is 0.350. The van der Waals surface area contributed by atoms with Crippen LogP contribution in [0.15, 0.2) is 41.7 Å². The quantitative estimate of drug-likeness (QED) is 0.450. The van der Waals surface area contributed by atoms with E-state index in [9.17, 15) is 17.2 Å². The van der Waals surface area contributed by atoms with Crippen molar-refractivity contribution in [1.82, 2.24) is 24.3 Å². The van der Waals surface area contributed by atoms with Gasteiger partial charge in [0.25, 0.3) is 0 Å². The van der Waals surface area contributed by atoms with Crippen molar-refractivity contribution in [3.05, 3.63) is 47.5 Å². The van der Waals surface area contributed by atoms with E-state index in [1.54, 1.807) is 24.3 Å². The minimum Gasteiger partial charge on any atom is -0.323 e. The van der Waals surface area contributed by atoms with E-state index in [0.29, 0.717) is 39.2 Å². The Hall–Kier alpha value is -2.59. The molecule has 5 rings (SSSR count). The minimum absolute atomic E-state index is 0.0528. The van der Waals surface area contributed by atoms with Gasteiger partial charge in [-0.25, -0.2) is 22.2 Å². The van der Waals surface area contributed by atoms with Gasteiger partial charge < -0.3 is 4.57 Å². The summed E-state index contributed by atoms with van der Waals surface area (Å²) in [5.74, 6) is -2.22. The van der Waals surface area contributed by atoms with Crippen LogP contribution in [0.1, 0.15) is 31.1 Å². The Morgan fingerprint density at radius 3 is 2.77 bits per heavy atom. The first-order valence-corrected chi connectivity index (χ1v) is 11.9. The fourth-order valence-electron chi connectivity index (χ4n) is 4.31. The molecule has 162 valence electrons. The van der Waals surface area contributed by atoms with E-state index < -0.39 is 21.8 Å². The van der Waals surface area contributed by atoms with Gasteiger partial charge in [0.05, 0.1) is 29.3 Å². The maximum absolute atomic E-state index is 14.0. The highest BCUT2D eigenvalue weighted by molar-refractivity contribution is 7.90. The van der Waals surface area contributed by atoms with Gasteiger partial charge in [0.15, 0.2) is 14.9 Å². The van der Waals surface area contributed by atoms with Crippen LogP contribution in [0.25, 0.3) is 21.9 Å². The Balaban J connectivity index is 1.67. The van der Waals surface area contributed by atoms with Crippen molar-refractivity contribution in [2.24, 2.45) is 0 Å². The van der Waals surface area contributed by atoms with E-state index in [4.69, 9.17) is 11.6 Å². The second kappa shape index (κ2) is 6.96. The molecule has 4 aromatic rings. The van der Waals surface area contributed by atoms with Crippen molar-refractivity contribution in [3.63, 3.8) is 0 Å². The molecule has 1 unspecified atom stereocenters. The summed E-state index contributed by atoms with van der Waals surface area (Å²) in [6.07, 6.45) is 3.99. The molecule has 31 heavy (non-hydrogen) atoms. The van der Waals surface area contributed by atoms with Crippen molar-refractivity contribution in [1.29, 1.82) is 0 Å². The normalized spacial score (nSPS) is 18.9. The first-order chi connectivity index (χ1) is 14.6. The molecule has 0 N–H and O–H groups in total. The molecule has 0 aliphatic heterocycles. The van der Waals surface area contributed by atoms with Crippen LogP contribution in [-0.4, -0.2) is 44.9 Å². The van der Waals surface area contributed by atoms with Crippen LogP contribution in [0.3, 0.4) is 0 Å². The molecule has 3 heterocycles. The van der Waals surface area contributed by atoms with Crippen molar-refractivity contribution in [3.8, 4) is 0 Å². The highest BCUT2D eigenvalue weighted by atomic mass is 35.5. The molecule has 0 saturated heterocycles. The average molecular weight is 466 g/mol. The number of sulfone groups is 1. The summed E-state index contributed by atoms with van der Waals surface area (Å²) in [5.41, 5.74) is 1.83. The van der Waals surface area contributed by atoms with Gasteiger partial charge in [-0.15, -0.1) is 0 Å². The predicted molar refractivity (Wildman–Crippen MR) is 112 cm³/mol. The van der Waals surface area contributed by atoms with Crippen molar-refractivity contribution in [2.75, 3.05) is 6.26 Å². The zero-order chi connectivity index (χ0) is 22.0. The standard InChI is InChI=1S/C20H18ClF2N5O2S/c1-31(29,30)19-14-5-7-24-10-17(14)27(26-19)11-18-25-15-8-12(21)2-3-16(15)28(18)13-4-6-20(22,23)9-13/h2-3,5,7-8,10,13H,4,6,9,11H2,1H3. The van der Waals surface area contributed by atoms with Crippen LogP contribution in [0.4, 0.5) is 8.78 Å². The van der Waals surface area contributed by atoms with Gasteiger partial charge in [-0.2, -0.15) is 5.10 Å². The van der Waals surface area contributed by atoms with E-state index in [2.05, 4.69) is 15.1 Å². The molecular weight excluding hydrogens is 448 g/mol. The van der Waals surface area contributed by atoms with Crippen LogP contribution in [0.2, 0.25) is 5.02 Å². The van der Waals surface area contributed by atoms with Gasteiger partial charge >= 0.3 is 0 Å². The van der Waals surface area contributed by atoms with Gasteiger partial charge in [0.2, 0.25) is 5.92 Å². The molecule has 0 amide bonds. The molecule has 7 nitrogen and oxygen atoms in total. The average Bonchev–Trinajstić information content (AvgIpc) is 3.34. The van der Waals surface area contributed by atoms with Crippen LogP contribution in [0.5, 0.6) is 0 Å². The molecule has 1 fully saturated rings. The highest BCUT2D eigenvalue weighted by Crippen LogP contribution is 2.43. The van der Waals surface area contributed by atoms with Crippen molar-refractivity contribution in [2.45, 2.75) is 42.8 Å². The Morgan fingerprint density at radius 1 is 1.26 bits per heavy atom. The number of aromatic nitrogens is 5. The Labute approximate surface area is 181 Å². The Kier molecular flexibility index (Phi) is 4.56. The summed E-state index contributed by atoms with van der Waals surface area (Å²) in [4.78, 5) is 8.73. The van der Waals surface area contributed by atoms with Crippen molar-refractivity contribution >= 4 is 43.4 Å². The third kappa shape index (κ3) is 3.57.